The average molecular weight is 530 g/mol. The third-order valence-electron chi connectivity index (χ3n) is 5.76. The first-order valence-electron chi connectivity index (χ1n) is 11.0. The van der Waals surface area contributed by atoms with Crippen LogP contribution >= 0.6 is 0 Å². The molecule has 9 nitrogen and oxygen atoms in total. The molecule has 0 bridgehead atoms. The van der Waals surface area contributed by atoms with Gasteiger partial charge >= 0.3 is 6.36 Å². The van der Waals surface area contributed by atoms with Crippen LogP contribution in [-0.2, 0) is 27.5 Å². The number of rotatable bonds is 8. The minimum atomic E-state index is -4.93. The molecular formula is C22H23F4N5O4S. The fraction of sp³-hybridized carbons (Fsp3) is 0.409. The van der Waals surface area contributed by atoms with E-state index in [1.165, 1.54) is 6.33 Å². The minimum absolute atomic E-state index is 0.0251. The zero-order chi connectivity index (χ0) is 26.1. The van der Waals surface area contributed by atoms with Gasteiger partial charge in [0.15, 0.2) is 0 Å². The Bertz CT molecular complexity index is 1390. The van der Waals surface area contributed by atoms with Crippen molar-refractivity contribution in [2.45, 2.75) is 32.0 Å². The second kappa shape index (κ2) is 9.91. The second-order valence-electron chi connectivity index (χ2n) is 8.56. The van der Waals surface area contributed by atoms with Crippen molar-refractivity contribution in [1.29, 1.82) is 0 Å². The zero-order valence-electron chi connectivity index (χ0n) is 19.1. The first kappa shape index (κ1) is 25.7. The molecule has 4 rings (SSSR count). The first-order chi connectivity index (χ1) is 16.9. The normalized spacial score (nSPS) is 16.0. The summed E-state index contributed by atoms with van der Waals surface area (Å²) in [5, 5.41) is 6.00. The number of hydrogen-bond acceptors (Lipinski definition) is 7. The molecule has 0 fully saturated rings. The number of fused-ring (bicyclic) bond motifs is 3. The van der Waals surface area contributed by atoms with E-state index >= 15 is 0 Å². The number of aromatic nitrogens is 3. The lowest BCUT2D eigenvalue weighted by molar-refractivity contribution is -0.274. The Labute approximate surface area is 203 Å². The Balaban J connectivity index is 1.55. The number of halogens is 4. The highest BCUT2D eigenvalue weighted by atomic mass is 32.2. The van der Waals surface area contributed by atoms with Crippen molar-refractivity contribution < 1.29 is 35.5 Å². The number of hydrogen-bond donors (Lipinski definition) is 3. The number of nitrogens with one attached hydrogen (secondary N) is 3. The van der Waals surface area contributed by atoms with E-state index in [2.05, 4.69) is 30.3 Å². The Morgan fingerprint density at radius 1 is 1.28 bits per heavy atom. The maximum absolute atomic E-state index is 14.4. The summed E-state index contributed by atoms with van der Waals surface area (Å²) >= 11 is 0. The predicted molar refractivity (Wildman–Crippen MR) is 123 cm³/mol. The standard InChI is InChI=1S/C22H23F4N5O4S/c1-36(33,34)8-2-7-27-21(32)12-3-6-16-14(9-12)18-19(30-16)28-11-29-20(18)31-17-10-13(4-5-15(17)23)35-22(24,25)26/h4-5,10-12H,2-3,6-9H2,1H3,(H,27,32)(H2,28,29,30,31). The highest BCUT2D eigenvalue weighted by Gasteiger charge is 2.32. The summed E-state index contributed by atoms with van der Waals surface area (Å²) in [6.45, 7) is 0.231. The van der Waals surface area contributed by atoms with Crippen molar-refractivity contribution in [2.24, 2.45) is 5.92 Å². The van der Waals surface area contributed by atoms with Gasteiger partial charge in [0.05, 0.1) is 16.8 Å². The Kier molecular flexibility index (Phi) is 7.07. The van der Waals surface area contributed by atoms with E-state index in [-0.39, 0.29) is 35.6 Å². The molecule has 2 heterocycles. The number of benzene rings is 1. The number of carbonyl (C=O) groups is 1. The highest BCUT2D eigenvalue weighted by molar-refractivity contribution is 7.90. The van der Waals surface area contributed by atoms with Crippen molar-refractivity contribution in [2.75, 3.05) is 23.9 Å². The Morgan fingerprint density at radius 2 is 2.06 bits per heavy atom. The molecule has 1 aliphatic rings. The summed E-state index contributed by atoms with van der Waals surface area (Å²) in [6.07, 6.45) is -0.845. The number of ether oxygens (including phenoxy) is 1. The fourth-order valence-electron chi connectivity index (χ4n) is 4.17. The van der Waals surface area contributed by atoms with Gasteiger partial charge in [-0.25, -0.2) is 22.8 Å². The van der Waals surface area contributed by atoms with Crippen LogP contribution in [0.1, 0.15) is 24.1 Å². The quantitative estimate of drug-likeness (QED) is 0.302. The number of sulfone groups is 1. The smallest absolute Gasteiger partial charge is 0.406 e. The van der Waals surface area contributed by atoms with Gasteiger partial charge in [-0.2, -0.15) is 0 Å². The van der Waals surface area contributed by atoms with E-state index < -0.39 is 27.8 Å². The molecule has 1 atom stereocenters. The monoisotopic (exact) mass is 529 g/mol. The first-order valence-corrected chi connectivity index (χ1v) is 13.1. The molecule has 0 radical (unpaired) electrons. The highest BCUT2D eigenvalue weighted by Crippen LogP contribution is 2.36. The molecule has 2 aromatic heterocycles. The van der Waals surface area contributed by atoms with Crippen molar-refractivity contribution in [3.8, 4) is 5.75 Å². The van der Waals surface area contributed by atoms with Gasteiger partial charge in [-0.1, -0.05) is 0 Å². The van der Waals surface area contributed by atoms with E-state index in [1.807, 2.05) is 0 Å². The third kappa shape index (κ3) is 6.22. The Morgan fingerprint density at radius 3 is 2.78 bits per heavy atom. The maximum Gasteiger partial charge on any atom is 0.573 e. The molecule has 0 spiro atoms. The van der Waals surface area contributed by atoms with Crippen LogP contribution in [0, 0.1) is 11.7 Å². The molecule has 0 aliphatic heterocycles. The molecule has 1 amide bonds. The molecule has 0 saturated carbocycles. The number of nitrogens with zero attached hydrogens (tertiary/aromatic N) is 2. The van der Waals surface area contributed by atoms with Crippen molar-refractivity contribution >= 4 is 38.3 Å². The molecule has 194 valence electrons. The summed E-state index contributed by atoms with van der Waals surface area (Å²) in [4.78, 5) is 24.2. The van der Waals surface area contributed by atoms with Gasteiger partial charge in [0.2, 0.25) is 5.91 Å². The van der Waals surface area contributed by atoms with Gasteiger partial charge in [0.25, 0.3) is 0 Å². The van der Waals surface area contributed by atoms with Gasteiger partial charge < -0.3 is 20.4 Å². The van der Waals surface area contributed by atoms with Gasteiger partial charge in [-0.3, -0.25) is 4.79 Å². The molecule has 1 unspecified atom stereocenters. The molecule has 14 heteroatoms. The number of aryl methyl sites for hydroxylation is 1. The van der Waals surface area contributed by atoms with E-state index in [4.69, 9.17) is 0 Å². The minimum Gasteiger partial charge on any atom is -0.406 e. The molecule has 36 heavy (non-hydrogen) atoms. The van der Waals surface area contributed by atoms with E-state index in [0.717, 1.165) is 35.7 Å². The van der Waals surface area contributed by atoms with E-state index in [9.17, 15) is 30.8 Å². The molecule has 0 saturated heterocycles. The number of amides is 1. The fourth-order valence-corrected chi connectivity index (χ4v) is 4.84. The van der Waals surface area contributed by atoms with Gasteiger partial charge in [-0.05, 0) is 43.4 Å². The maximum atomic E-state index is 14.4. The lowest BCUT2D eigenvalue weighted by Gasteiger charge is -2.22. The van der Waals surface area contributed by atoms with Crippen molar-refractivity contribution in [3.05, 3.63) is 41.6 Å². The summed E-state index contributed by atoms with van der Waals surface area (Å²) in [5.74, 6) is -1.87. The van der Waals surface area contributed by atoms with Gasteiger partial charge in [-0.15, -0.1) is 13.2 Å². The lowest BCUT2D eigenvalue weighted by Crippen LogP contribution is -2.35. The molecule has 1 aliphatic carbocycles. The number of aromatic amines is 1. The van der Waals surface area contributed by atoms with Crippen molar-refractivity contribution in [1.82, 2.24) is 20.3 Å². The number of alkyl halides is 3. The summed E-state index contributed by atoms with van der Waals surface area (Å²) in [7, 11) is -3.12. The summed E-state index contributed by atoms with van der Waals surface area (Å²) in [6, 6.07) is 2.59. The van der Waals surface area contributed by atoms with Crippen LogP contribution in [-0.4, -0.2) is 54.2 Å². The van der Waals surface area contributed by atoms with Crippen LogP contribution in [0.5, 0.6) is 5.75 Å². The van der Waals surface area contributed by atoms with E-state index in [1.54, 1.807) is 0 Å². The van der Waals surface area contributed by atoms with Crippen LogP contribution in [0.3, 0.4) is 0 Å². The topological polar surface area (TPSA) is 126 Å². The van der Waals surface area contributed by atoms with Crippen molar-refractivity contribution in [3.63, 3.8) is 0 Å². The number of H-pyrrole nitrogens is 1. The largest absolute Gasteiger partial charge is 0.573 e. The number of carbonyl (C=O) groups excluding carboxylic acids is 1. The molecule has 1 aromatic carbocycles. The van der Waals surface area contributed by atoms with Gasteiger partial charge in [0, 0.05) is 30.5 Å². The second-order valence-corrected chi connectivity index (χ2v) is 10.8. The van der Waals surface area contributed by atoms with Crippen LogP contribution in [0.25, 0.3) is 11.0 Å². The molecule has 3 aromatic rings. The summed E-state index contributed by atoms with van der Waals surface area (Å²) in [5.41, 5.74) is 1.75. The summed E-state index contributed by atoms with van der Waals surface area (Å²) < 4.78 is 78.6. The lowest BCUT2D eigenvalue weighted by atomic mass is 9.86. The zero-order valence-corrected chi connectivity index (χ0v) is 19.9. The predicted octanol–water partition coefficient (Wildman–Crippen LogP) is 3.40. The number of anilines is 2. The molecular weight excluding hydrogens is 506 g/mol. The third-order valence-corrected chi connectivity index (χ3v) is 6.79. The average Bonchev–Trinajstić information content (AvgIpc) is 3.16. The SMILES string of the molecule is CS(=O)(=O)CCCNC(=O)C1CCc2[nH]c3ncnc(Nc4cc(OC(F)(F)F)ccc4F)c3c2C1. The van der Waals surface area contributed by atoms with E-state index in [0.29, 0.717) is 36.7 Å². The Hall–Kier alpha value is -3.42. The van der Waals surface area contributed by atoms with Crippen LogP contribution in [0.2, 0.25) is 0 Å². The molecule has 3 N–H and O–H groups in total. The van der Waals surface area contributed by atoms with Crippen LogP contribution < -0.4 is 15.4 Å². The van der Waals surface area contributed by atoms with Gasteiger partial charge in [0.1, 0.15) is 39.2 Å². The van der Waals surface area contributed by atoms with Crippen LogP contribution in [0.4, 0.5) is 29.1 Å². The van der Waals surface area contributed by atoms with Crippen LogP contribution in [0.15, 0.2) is 24.5 Å².